The number of nitriles is 1. The highest BCUT2D eigenvalue weighted by Gasteiger charge is 2.16. The fourth-order valence-electron chi connectivity index (χ4n) is 3.03. The van der Waals surface area contributed by atoms with Gasteiger partial charge in [-0.3, -0.25) is 19.7 Å². The Morgan fingerprint density at radius 2 is 1.81 bits per heavy atom. The number of nitro benzene ring substituents is 1. The molecular formula is C25H19IN4O6. The van der Waals surface area contributed by atoms with Crippen molar-refractivity contribution in [2.45, 2.75) is 0 Å². The van der Waals surface area contributed by atoms with Crippen LogP contribution < -0.4 is 20.1 Å². The van der Waals surface area contributed by atoms with Crippen LogP contribution in [0.1, 0.15) is 5.56 Å². The Kier molecular flexibility index (Phi) is 8.95. The van der Waals surface area contributed by atoms with E-state index in [1.165, 1.54) is 37.5 Å². The van der Waals surface area contributed by atoms with Crippen LogP contribution in [0.3, 0.4) is 0 Å². The number of rotatable bonds is 9. The summed E-state index contributed by atoms with van der Waals surface area (Å²) < 4.78 is 11.6. The highest BCUT2D eigenvalue weighted by atomic mass is 127. The third kappa shape index (κ3) is 7.03. The average Bonchev–Trinajstić information content (AvgIpc) is 2.86. The summed E-state index contributed by atoms with van der Waals surface area (Å²) in [7, 11) is 1.43. The van der Waals surface area contributed by atoms with E-state index in [9.17, 15) is 25.0 Å². The molecule has 182 valence electrons. The van der Waals surface area contributed by atoms with Gasteiger partial charge < -0.3 is 20.1 Å². The van der Waals surface area contributed by atoms with Gasteiger partial charge in [0.15, 0.2) is 18.1 Å². The van der Waals surface area contributed by atoms with Crippen molar-refractivity contribution in [2.24, 2.45) is 0 Å². The second kappa shape index (κ2) is 12.3. The molecule has 0 radical (unpaired) electrons. The SMILES string of the molecule is COc1cc(/C=C(\C#N)C(=O)Nc2cccc([N+](=O)[O-])c2)cc(I)c1OCC(=O)Nc1ccccc1. The molecule has 0 saturated carbocycles. The van der Waals surface area contributed by atoms with E-state index in [2.05, 4.69) is 10.6 Å². The molecule has 0 heterocycles. The number of hydrogen-bond acceptors (Lipinski definition) is 7. The lowest BCUT2D eigenvalue weighted by atomic mass is 10.1. The van der Waals surface area contributed by atoms with Gasteiger partial charge in [0.25, 0.3) is 17.5 Å². The lowest BCUT2D eigenvalue weighted by molar-refractivity contribution is -0.384. The van der Waals surface area contributed by atoms with Gasteiger partial charge in [-0.25, -0.2) is 0 Å². The molecule has 10 nitrogen and oxygen atoms in total. The van der Waals surface area contributed by atoms with E-state index in [1.807, 2.05) is 34.7 Å². The van der Waals surface area contributed by atoms with E-state index < -0.39 is 10.8 Å². The van der Waals surface area contributed by atoms with E-state index in [-0.39, 0.29) is 29.5 Å². The average molecular weight is 598 g/mol. The zero-order chi connectivity index (χ0) is 26.1. The first-order valence-corrected chi connectivity index (χ1v) is 11.4. The zero-order valence-electron chi connectivity index (χ0n) is 18.9. The van der Waals surface area contributed by atoms with Crippen molar-refractivity contribution in [3.63, 3.8) is 0 Å². The van der Waals surface area contributed by atoms with Crippen LogP contribution in [0.25, 0.3) is 6.08 Å². The van der Waals surface area contributed by atoms with Crippen molar-refractivity contribution in [1.82, 2.24) is 0 Å². The third-order valence-corrected chi connectivity index (χ3v) is 5.45. The van der Waals surface area contributed by atoms with Crippen LogP contribution in [-0.4, -0.2) is 30.5 Å². The molecule has 3 aromatic rings. The van der Waals surface area contributed by atoms with Gasteiger partial charge in [0.1, 0.15) is 11.6 Å². The first kappa shape index (κ1) is 26.2. The number of para-hydroxylation sites is 1. The van der Waals surface area contributed by atoms with Gasteiger partial charge in [-0.2, -0.15) is 5.26 Å². The first-order valence-electron chi connectivity index (χ1n) is 10.3. The molecule has 3 aromatic carbocycles. The molecule has 0 fully saturated rings. The molecule has 0 aliphatic rings. The lowest BCUT2D eigenvalue weighted by Crippen LogP contribution is -2.20. The van der Waals surface area contributed by atoms with Gasteiger partial charge in [0.2, 0.25) is 0 Å². The van der Waals surface area contributed by atoms with Crippen LogP contribution in [0.4, 0.5) is 17.1 Å². The molecule has 11 heteroatoms. The molecule has 0 unspecified atom stereocenters. The highest BCUT2D eigenvalue weighted by molar-refractivity contribution is 14.1. The summed E-state index contributed by atoms with van der Waals surface area (Å²) in [5.41, 5.74) is 0.877. The maximum absolute atomic E-state index is 12.6. The number of amides is 2. The number of benzene rings is 3. The monoisotopic (exact) mass is 598 g/mol. The van der Waals surface area contributed by atoms with Gasteiger partial charge >= 0.3 is 0 Å². The van der Waals surface area contributed by atoms with Gasteiger partial charge in [-0.05, 0) is 64.6 Å². The second-order valence-corrected chi connectivity index (χ2v) is 8.33. The van der Waals surface area contributed by atoms with Crippen LogP contribution in [0.15, 0.2) is 72.3 Å². The summed E-state index contributed by atoms with van der Waals surface area (Å²) in [6.07, 6.45) is 1.35. The number of anilines is 2. The van der Waals surface area contributed by atoms with Crippen molar-refractivity contribution in [2.75, 3.05) is 24.4 Å². The molecular weight excluding hydrogens is 579 g/mol. The molecule has 3 rings (SSSR count). The normalized spacial score (nSPS) is 10.6. The van der Waals surface area contributed by atoms with Crippen LogP contribution >= 0.6 is 22.6 Å². The van der Waals surface area contributed by atoms with Crippen LogP contribution in [0.5, 0.6) is 11.5 Å². The van der Waals surface area contributed by atoms with Crippen molar-refractivity contribution in [3.8, 4) is 17.6 Å². The van der Waals surface area contributed by atoms with E-state index >= 15 is 0 Å². The number of nitrogens with one attached hydrogen (secondary N) is 2. The summed E-state index contributed by atoms with van der Waals surface area (Å²) in [6, 6.07) is 19.4. The van der Waals surface area contributed by atoms with E-state index in [0.717, 1.165) is 0 Å². The largest absolute Gasteiger partial charge is 0.493 e. The Bertz CT molecular complexity index is 1370. The predicted octanol–water partition coefficient (Wildman–Crippen LogP) is 4.77. The number of nitro groups is 1. The fraction of sp³-hybridized carbons (Fsp3) is 0.0800. The zero-order valence-corrected chi connectivity index (χ0v) is 21.0. The number of nitrogens with zero attached hydrogens (tertiary/aromatic N) is 2. The van der Waals surface area contributed by atoms with Gasteiger partial charge in [-0.1, -0.05) is 24.3 Å². The van der Waals surface area contributed by atoms with Crippen LogP contribution in [0.2, 0.25) is 0 Å². The Morgan fingerprint density at radius 1 is 1.08 bits per heavy atom. The number of carbonyl (C=O) groups excluding carboxylic acids is 2. The minimum absolute atomic E-state index is 0.181. The number of halogens is 1. The lowest BCUT2D eigenvalue weighted by Gasteiger charge is -2.14. The predicted molar refractivity (Wildman–Crippen MR) is 142 cm³/mol. The Morgan fingerprint density at radius 3 is 2.47 bits per heavy atom. The van der Waals surface area contributed by atoms with Gasteiger partial charge in [-0.15, -0.1) is 0 Å². The summed E-state index contributed by atoms with van der Waals surface area (Å²) in [5.74, 6) is -0.451. The van der Waals surface area contributed by atoms with Crippen molar-refractivity contribution in [1.29, 1.82) is 5.26 Å². The molecule has 0 aliphatic carbocycles. The number of non-ortho nitro benzene ring substituents is 1. The fourth-order valence-corrected chi connectivity index (χ4v) is 3.81. The van der Waals surface area contributed by atoms with Crippen molar-refractivity contribution in [3.05, 3.63) is 91.6 Å². The van der Waals surface area contributed by atoms with Gasteiger partial charge in [0.05, 0.1) is 15.6 Å². The number of ether oxygens (including phenoxy) is 2. The van der Waals surface area contributed by atoms with Crippen LogP contribution in [-0.2, 0) is 9.59 Å². The minimum Gasteiger partial charge on any atom is -0.493 e. The molecule has 0 spiro atoms. The van der Waals surface area contributed by atoms with Crippen molar-refractivity contribution < 1.29 is 24.0 Å². The summed E-state index contributed by atoms with van der Waals surface area (Å²) in [5, 5.41) is 25.6. The smallest absolute Gasteiger partial charge is 0.271 e. The molecule has 0 aliphatic heterocycles. The van der Waals surface area contributed by atoms with Crippen molar-refractivity contribution >= 4 is 57.5 Å². The molecule has 0 aromatic heterocycles. The van der Waals surface area contributed by atoms with Crippen LogP contribution in [0, 0.1) is 25.0 Å². The van der Waals surface area contributed by atoms with E-state index in [1.54, 1.807) is 36.4 Å². The third-order valence-electron chi connectivity index (χ3n) is 4.65. The Labute approximate surface area is 219 Å². The molecule has 0 saturated heterocycles. The molecule has 36 heavy (non-hydrogen) atoms. The van der Waals surface area contributed by atoms with E-state index in [0.29, 0.717) is 26.3 Å². The maximum atomic E-state index is 12.6. The molecule has 2 N–H and O–H groups in total. The number of methoxy groups -OCH3 is 1. The molecule has 0 atom stereocenters. The topological polar surface area (TPSA) is 144 Å². The number of carbonyl (C=O) groups is 2. The standard InChI is InChI=1S/C25H19IN4O6/c1-35-22-12-16(10-17(14-27)25(32)29-19-8-5-9-20(13-19)30(33)34)11-21(26)24(22)36-15-23(31)28-18-6-3-2-4-7-18/h2-13H,15H2,1H3,(H,28,31)(H,29,32)/b17-10+. The Hall–Kier alpha value is -4.44. The quantitative estimate of drug-likeness (QED) is 0.119. The molecule has 2 amide bonds. The summed E-state index contributed by atoms with van der Waals surface area (Å²) in [6.45, 7) is -0.258. The minimum atomic E-state index is -0.732. The number of hydrogen-bond donors (Lipinski definition) is 2. The van der Waals surface area contributed by atoms with Gasteiger partial charge in [0, 0.05) is 23.5 Å². The van der Waals surface area contributed by atoms with E-state index in [4.69, 9.17) is 9.47 Å². The maximum Gasteiger partial charge on any atom is 0.271 e. The summed E-state index contributed by atoms with van der Waals surface area (Å²) in [4.78, 5) is 35.2. The highest BCUT2D eigenvalue weighted by Crippen LogP contribution is 2.34. The second-order valence-electron chi connectivity index (χ2n) is 7.17. The summed E-state index contributed by atoms with van der Waals surface area (Å²) >= 11 is 2.00. The first-order chi connectivity index (χ1) is 17.3. The Balaban J connectivity index is 1.75. The molecule has 0 bridgehead atoms.